The fourth-order valence-corrected chi connectivity index (χ4v) is 3.07. The highest BCUT2D eigenvalue weighted by Crippen LogP contribution is 2.39. The van der Waals surface area contributed by atoms with Crippen molar-refractivity contribution in [1.29, 1.82) is 5.26 Å². The Labute approximate surface area is 137 Å². The van der Waals surface area contributed by atoms with Gasteiger partial charge in [-0.15, -0.1) is 0 Å². The summed E-state index contributed by atoms with van der Waals surface area (Å²) in [6, 6.07) is 9.76. The van der Waals surface area contributed by atoms with Crippen LogP contribution in [0.3, 0.4) is 0 Å². The third kappa shape index (κ3) is 2.32. The Morgan fingerprint density at radius 1 is 1.35 bits per heavy atom. The van der Waals surface area contributed by atoms with Crippen LogP contribution in [-0.4, -0.2) is 14.1 Å². The molecule has 3 aliphatic rings. The fourth-order valence-electron chi connectivity index (χ4n) is 2.96. The molecule has 1 aromatic rings. The van der Waals surface area contributed by atoms with Gasteiger partial charge in [0.15, 0.2) is 0 Å². The quantitative estimate of drug-likeness (QED) is 0.695. The molecule has 1 fully saturated rings. The summed E-state index contributed by atoms with van der Waals surface area (Å²) in [4.78, 5) is 16.6. The van der Waals surface area contributed by atoms with Crippen LogP contribution in [0.5, 0.6) is 0 Å². The highest BCUT2D eigenvalue weighted by atomic mass is 35.5. The summed E-state index contributed by atoms with van der Waals surface area (Å²) in [5, 5.41) is 9.89. The average Bonchev–Trinajstić information content (AvgIpc) is 3.33. The molecule has 1 saturated carbocycles. The number of rotatable bonds is 3. The van der Waals surface area contributed by atoms with Crippen LogP contribution in [0.2, 0.25) is 5.15 Å². The Morgan fingerprint density at radius 2 is 2.17 bits per heavy atom. The summed E-state index contributed by atoms with van der Waals surface area (Å²) in [5.74, 6) is 0. The monoisotopic (exact) mass is 324 g/mol. The van der Waals surface area contributed by atoms with Crippen LogP contribution in [0.1, 0.15) is 30.0 Å². The molecule has 2 aliphatic heterocycles. The van der Waals surface area contributed by atoms with Gasteiger partial charge in [-0.25, -0.2) is 4.98 Å². The van der Waals surface area contributed by atoms with Gasteiger partial charge in [0.05, 0.1) is 11.4 Å². The molecule has 0 amide bonds. The van der Waals surface area contributed by atoms with E-state index >= 15 is 0 Å². The fraction of sp³-hybridized carbons (Fsp3) is 0.235. The molecule has 0 saturated heterocycles. The predicted molar refractivity (Wildman–Crippen MR) is 86.6 cm³/mol. The SMILES string of the molecule is N#Cc1c2n(Cc3ccc(Cl)nc3)cccc-2n(C2CC2)c1=O. The molecular weight excluding hydrogens is 312 g/mol. The smallest absolute Gasteiger partial charge is 0.271 e. The van der Waals surface area contributed by atoms with Gasteiger partial charge in [-0.1, -0.05) is 17.7 Å². The number of hydrogen-bond acceptors (Lipinski definition) is 3. The van der Waals surface area contributed by atoms with Crippen molar-refractivity contribution in [3.05, 3.63) is 63.3 Å². The van der Waals surface area contributed by atoms with E-state index in [2.05, 4.69) is 11.1 Å². The van der Waals surface area contributed by atoms with Crippen molar-refractivity contribution in [2.45, 2.75) is 25.4 Å². The van der Waals surface area contributed by atoms with Gasteiger partial charge in [-0.2, -0.15) is 5.26 Å². The van der Waals surface area contributed by atoms with Crippen LogP contribution in [0.4, 0.5) is 0 Å². The number of hydrogen-bond donors (Lipinski definition) is 0. The molecule has 0 radical (unpaired) electrons. The maximum Gasteiger partial charge on any atom is 0.271 e. The molecule has 0 atom stereocenters. The third-order valence-corrected chi connectivity index (χ3v) is 4.37. The number of fused-ring (bicyclic) bond motifs is 1. The molecule has 6 heteroatoms. The van der Waals surface area contributed by atoms with Crippen LogP contribution in [0, 0.1) is 11.3 Å². The summed E-state index contributed by atoms with van der Waals surface area (Å²) in [5.41, 5.74) is 2.52. The zero-order valence-corrected chi connectivity index (χ0v) is 13.0. The van der Waals surface area contributed by atoms with E-state index in [0.29, 0.717) is 17.4 Å². The molecule has 3 heterocycles. The second-order valence-electron chi connectivity index (χ2n) is 5.75. The summed E-state index contributed by atoms with van der Waals surface area (Å²) >= 11 is 5.82. The van der Waals surface area contributed by atoms with E-state index in [0.717, 1.165) is 24.1 Å². The van der Waals surface area contributed by atoms with Crippen molar-refractivity contribution >= 4 is 11.6 Å². The van der Waals surface area contributed by atoms with E-state index in [1.807, 2.05) is 29.0 Å². The largest absolute Gasteiger partial charge is 0.341 e. The van der Waals surface area contributed by atoms with Crippen LogP contribution in [0.25, 0.3) is 11.4 Å². The van der Waals surface area contributed by atoms with Crippen molar-refractivity contribution < 1.29 is 0 Å². The summed E-state index contributed by atoms with van der Waals surface area (Å²) in [6.45, 7) is 0.532. The molecule has 1 aromatic heterocycles. The number of pyridine rings is 2. The van der Waals surface area contributed by atoms with E-state index in [9.17, 15) is 10.1 Å². The molecular formula is C17H13ClN4O. The first-order valence-electron chi connectivity index (χ1n) is 7.43. The van der Waals surface area contributed by atoms with Gasteiger partial charge in [0.2, 0.25) is 0 Å². The maximum absolute atomic E-state index is 12.5. The van der Waals surface area contributed by atoms with E-state index in [4.69, 9.17) is 11.6 Å². The molecule has 1 aliphatic carbocycles. The first-order chi connectivity index (χ1) is 11.2. The Hall–Kier alpha value is -2.58. The van der Waals surface area contributed by atoms with Gasteiger partial charge in [0.25, 0.3) is 5.56 Å². The Bertz CT molecular complexity index is 944. The van der Waals surface area contributed by atoms with E-state index in [-0.39, 0.29) is 17.2 Å². The van der Waals surface area contributed by atoms with Gasteiger partial charge in [0.1, 0.15) is 16.8 Å². The van der Waals surface area contributed by atoms with Crippen molar-refractivity contribution in [1.82, 2.24) is 14.1 Å². The maximum atomic E-state index is 12.5. The summed E-state index contributed by atoms with van der Waals surface area (Å²) in [7, 11) is 0. The third-order valence-electron chi connectivity index (χ3n) is 4.14. The number of halogens is 1. The second kappa shape index (κ2) is 5.25. The molecule has 0 N–H and O–H groups in total. The van der Waals surface area contributed by atoms with E-state index in [1.54, 1.807) is 16.8 Å². The molecule has 5 nitrogen and oxygen atoms in total. The van der Waals surface area contributed by atoms with E-state index in [1.165, 1.54) is 0 Å². The van der Waals surface area contributed by atoms with Gasteiger partial charge < -0.3 is 9.13 Å². The van der Waals surface area contributed by atoms with Gasteiger partial charge in [-0.05, 0) is 36.6 Å². The summed E-state index contributed by atoms with van der Waals surface area (Å²) in [6.07, 6.45) is 5.59. The van der Waals surface area contributed by atoms with Gasteiger partial charge >= 0.3 is 0 Å². The Balaban J connectivity index is 1.86. The molecule has 114 valence electrons. The minimum atomic E-state index is -0.181. The first-order valence-corrected chi connectivity index (χ1v) is 7.80. The second-order valence-corrected chi connectivity index (χ2v) is 6.14. The summed E-state index contributed by atoms with van der Waals surface area (Å²) < 4.78 is 3.70. The van der Waals surface area contributed by atoms with Crippen LogP contribution in [0.15, 0.2) is 41.5 Å². The van der Waals surface area contributed by atoms with E-state index < -0.39 is 0 Å². The predicted octanol–water partition coefficient (Wildman–Crippen LogP) is 3.06. The van der Waals surface area contributed by atoms with Crippen molar-refractivity contribution in [3.8, 4) is 17.5 Å². The molecule has 0 aromatic carbocycles. The number of nitrogens with zero attached hydrogens (tertiary/aromatic N) is 4. The average molecular weight is 325 g/mol. The lowest BCUT2D eigenvalue weighted by Gasteiger charge is -2.14. The molecule has 0 spiro atoms. The van der Waals surface area contributed by atoms with Crippen LogP contribution in [-0.2, 0) is 6.54 Å². The Morgan fingerprint density at radius 3 is 2.83 bits per heavy atom. The Kier molecular flexibility index (Phi) is 3.21. The molecule has 23 heavy (non-hydrogen) atoms. The minimum absolute atomic E-state index is 0.181. The van der Waals surface area contributed by atoms with Crippen molar-refractivity contribution in [3.63, 3.8) is 0 Å². The first kappa shape index (κ1) is 14.0. The van der Waals surface area contributed by atoms with Crippen molar-refractivity contribution in [2.24, 2.45) is 0 Å². The number of aromatic nitrogens is 3. The lowest BCUT2D eigenvalue weighted by molar-refractivity contribution is 0.720. The lowest BCUT2D eigenvalue weighted by atomic mass is 10.2. The topological polar surface area (TPSA) is 63.6 Å². The number of nitriles is 1. The molecule has 4 rings (SSSR count). The van der Waals surface area contributed by atoms with Gasteiger partial charge in [0, 0.05) is 25.0 Å². The van der Waals surface area contributed by atoms with Gasteiger partial charge in [-0.3, -0.25) is 4.79 Å². The molecule has 0 bridgehead atoms. The minimum Gasteiger partial charge on any atom is -0.341 e. The molecule has 0 unspecified atom stereocenters. The standard InChI is InChI=1S/C17H13ClN4O/c18-15-6-3-11(9-20-15)10-21-7-1-2-14-16(21)13(8-19)17(23)22(14)12-4-5-12/h1-3,6-7,9,12H,4-5,10H2. The zero-order valence-electron chi connectivity index (χ0n) is 12.2. The lowest BCUT2D eigenvalue weighted by Crippen LogP contribution is -2.15. The van der Waals surface area contributed by atoms with Crippen molar-refractivity contribution in [2.75, 3.05) is 0 Å². The highest BCUT2D eigenvalue weighted by Gasteiger charge is 2.32. The van der Waals surface area contributed by atoms with Crippen LogP contribution < -0.4 is 5.56 Å². The van der Waals surface area contributed by atoms with Crippen LogP contribution >= 0.6 is 11.6 Å². The zero-order chi connectivity index (χ0) is 16.0. The normalized spacial score (nSPS) is 14.1. The highest BCUT2D eigenvalue weighted by molar-refractivity contribution is 6.29.